The number of ketones is 1. The van der Waals surface area contributed by atoms with Gasteiger partial charge in [0.1, 0.15) is 5.82 Å². The molecule has 0 spiro atoms. The monoisotopic (exact) mass is 413 g/mol. The van der Waals surface area contributed by atoms with E-state index in [4.69, 9.17) is 0 Å². The molecule has 3 rings (SSSR count). The topological polar surface area (TPSA) is 100 Å². The SMILES string of the molecule is CCCCN(Cc1nc2ccccc2c(=O)[nH]1)S(=O)(=O)c1ccc(C(C)=O)cc1. The Morgan fingerprint density at radius 3 is 2.45 bits per heavy atom. The van der Waals surface area contributed by atoms with Gasteiger partial charge in [-0.1, -0.05) is 37.6 Å². The van der Waals surface area contributed by atoms with Crippen molar-refractivity contribution in [2.75, 3.05) is 6.54 Å². The van der Waals surface area contributed by atoms with E-state index in [1.165, 1.54) is 35.5 Å². The Hall–Kier alpha value is -2.84. The summed E-state index contributed by atoms with van der Waals surface area (Å²) in [6.07, 6.45) is 1.49. The highest BCUT2D eigenvalue weighted by atomic mass is 32.2. The number of fused-ring (bicyclic) bond motifs is 1. The first-order valence-electron chi connectivity index (χ1n) is 9.42. The molecule has 0 aliphatic carbocycles. The van der Waals surface area contributed by atoms with Gasteiger partial charge in [-0.15, -0.1) is 0 Å². The van der Waals surface area contributed by atoms with E-state index in [9.17, 15) is 18.0 Å². The molecule has 29 heavy (non-hydrogen) atoms. The number of hydrogen-bond donors (Lipinski definition) is 1. The second kappa shape index (κ2) is 8.67. The fraction of sp³-hybridized carbons (Fsp3) is 0.286. The van der Waals surface area contributed by atoms with Crippen molar-refractivity contribution in [3.05, 3.63) is 70.3 Å². The van der Waals surface area contributed by atoms with Gasteiger partial charge in [-0.05, 0) is 37.6 Å². The molecule has 1 aromatic heterocycles. The third-order valence-electron chi connectivity index (χ3n) is 4.65. The zero-order chi connectivity index (χ0) is 21.0. The van der Waals surface area contributed by atoms with E-state index in [-0.39, 0.29) is 28.6 Å². The summed E-state index contributed by atoms with van der Waals surface area (Å²) < 4.78 is 27.7. The van der Waals surface area contributed by atoms with Crippen LogP contribution in [-0.2, 0) is 16.6 Å². The fourth-order valence-electron chi connectivity index (χ4n) is 3.01. The quantitative estimate of drug-likeness (QED) is 0.572. The van der Waals surface area contributed by atoms with E-state index in [0.717, 1.165) is 6.42 Å². The number of sulfonamides is 1. The number of carbonyl (C=O) groups excluding carboxylic acids is 1. The first-order chi connectivity index (χ1) is 13.8. The molecule has 0 fully saturated rings. The summed E-state index contributed by atoms with van der Waals surface area (Å²) in [5.41, 5.74) is 0.665. The third-order valence-corrected chi connectivity index (χ3v) is 6.51. The molecule has 0 amide bonds. The van der Waals surface area contributed by atoms with Crippen LogP contribution >= 0.6 is 0 Å². The van der Waals surface area contributed by atoms with Gasteiger partial charge in [0.25, 0.3) is 5.56 Å². The Morgan fingerprint density at radius 1 is 1.10 bits per heavy atom. The van der Waals surface area contributed by atoms with Crippen LogP contribution in [0.15, 0.2) is 58.2 Å². The van der Waals surface area contributed by atoms with Gasteiger partial charge in [0.15, 0.2) is 5.78 Å². The minimum atomic E-state index is -3.82. The van der Waals surface area contributed by atoms with E-state index in [1.807, 2.05) is 6.92 Å². The van der Waals surface area contributed by atoms with Crippen LogP contribution in [0.4, 0.5) is 0 Å². The third kappa shape index (κ3) is 4.60. The molecule has 0 unspecified atom stereocenters. The van der Waals surface area contributed by atoms with Crippen molar-refractivity contribution in [1.82, 2.24) is 14.3 Å². The lowest BCUT2D eigenvalue weighted by Gasteiger charge is -2.22. The van der Waals surface area contributed by atoms with Crippen LogP contribution in [0.5, 0.6) is 0 Å². The van der Waals surface area contributed by atoms with Gasteiger partial charge in [-0.25, -0.2) is 13.4 Å². The Bertz CT molecular complexity index is 1180. The maximum atomic E-state index is 13.2. The maximum Gasteiger partial charge on any atom is 0.258 e. The highest BCUT2D eigenvalue weighted by Gasteiger charge is 2.25. The van der Waals surface area contributed by atoms with Crippen LogP contribution in [0, 0.1) is 0 Å². The number of unbranched alkanes of at least 4 members (excludes halogenated alkanes) is 1. The van der Waals surface area contributed by atoms with Crippen molar-refractivity contribution >= 4 is 26.7 Å². The van der Waals surface area contributed by atoms with Crippen molar-refractivity contribution in [2.24, 2.45) is 0 Å². The van der Waals surface area contributed by atoms with Gasteiger partial charge in [-0.2, -0.15) is 4.31 Å². The second-order valence-corrected chi connectivity index (χ2v) is 8.74. The van der Waals surface area contributed by atoms with Crippen molar-refractivity contribution in [1.29, 1.82) is 0 Å². The van der Waals surface area contributed by atoms with Crippen molar-refractivity contribution in [3.8, 4) is 0 Å². The first-order valence-corrected chi connectivity index (χ1v) is 10.9. The molecule has 3 aromatic rings. The maximum absolute atomic E-state index is 13.2. The number of rotatable bonds is 8. The van der Waals surface area contributed by atoms with Gasteiger partial charge in [0.2, 0.25) is 10.0 Å². The Labute approximate surface area is 169 Å². The molecule has 0 radical (unpaired) electrons. The molecule has 1 heterocycles. The molecule has 0 saturated carbocycles. The van der Waals surface area contributed by atoms with Crippen molar-refractivity contribution < 1.29 is 13.2 Å². The summed E-state index contributed by atoms with van der Waals surface area (Å²) in [4.78, 5) is 31.0. The van der Waals surface area contributed by atoms with Crippen molar-refractivity contribution in [3.63, 3.8) is 0 Å². The molecule has 152 valence electrons. The summed E-state index contributed by atoms with van der Waals surface area (Å²) in [5, 5.41) is 0.457. The Morgan fingerprint density at radius 2 is 1.79 bits per heavy atom. The molecular formula is C21H23N3O4S. The minimum absolute atomic E-state index is 0.0448. The number of para-hydroxylation sites is 1. The summed E-state index contributed by atoms with van der Waals surface area (Å²) in [7, 11) is -3.82. The smallest absolute Gasteiger partial charge is 0.258 e. The van der Waals surface area contributed by atoms with Gasteiger partial charge in [-0.3, -0.25) is 9.59 Å². The van der Waals surface area contributed by atoms with E-state index < -0.39 is 10.0 Å². The molecule has 0 aliphatic rings. The molecule has 0 aliphatic heterocycles. The van der Waals surface area contributed by atoms with E-state index >= 15 is 0 Å². The second-order valence-electron chi connectivity index (χ2n) is 6.80. The van der Waals surface area contributed by atoms with Gasteiger partial charge >= 0.3 is 0 Å². The lowest BCUT2D eigenvalue weighted by molar-refractivity contribution is 0.101. The largest absolute Gasteiger partial charge is 0.309 e. The molecule has 0 saturated heterocycles. The molecule has 0 atom stereocenters. The van der Waals surface area contributed by atoms with Crippen LogP contribution in [0.25, 0.3) is 10.9 Å². The predicted molar refractivity (Wildman–Crippen MR) is 111 cm³/mol. The lowest BCUT2D eigenvalue weighted by atomic mass is 10.2. The van der Waals surface area contributed by atoms with Crippen LogP contribution in [0.1, 0.15) is 42.9 Å². The molecule has 0 bridgehead atoms. The van der Waals surface area contributed by atoms with Gasteiger partial charge < -0.3 is 4.98 Å². The molecule has 2 aromatic carbocycles. The summed E-state index contributed by atoms with van der Waals surface area (Å²) in [5.74, 6) is 0.156. The number of benzene rings is 2. The zero-order valence-electron chi connectivity index (χ0n) is 16.4. The summed E-state index contributed by atoms with van der Waals surface area (Å²) >= 11 is 0. The number of Topliss-reactive ketones (excluding diaryl/α,β-unsaturated/α-hetero) is 1. The number of carbonyl (C=O) groups is 1. The summed E-state index contributed by atoms with van der Waals surface area (Å²) in [6, 6.07) is 12.8. The molecule has 8 heteroatoms. The number of hydrogen-bond acceptors (Lipinski definition) is 5. The Kier molecular flexibility index (Phi) is 6.24. The number of H-pyrrole nitrogens is 1. The summed E-state index contributed by atoms with van der Waals surface area (Å²) in [6.45, 7) is 3.65. The lowest BCUT2D eigenvalue weighted by Crippen LogP contribution is -2.33. The van der Waals surface area contributed by atoms with Crippen LogP contribution in [-0.4, -0.2) is 35.0 Å². The first kappa shape index (κ1) is 20.9. The minimum Gasteiger partial charge on any atom is -0.309 e. The van der Waals surface area contributed by atoms with Crippen LogP contribution in [0.3, 0.4) is 0 Å². The van der Waals surface area contributed by atoms with Crippen LogP contribution in [0.2, 0.25) is 0 Å². The Balaban J connectivity index is 1.97. The standard InChI is InChI=1S/C21H23N3O4S/c1-3-4-13-24(29(27,28)17-11-9-16(10-12-17)15(2)25)14-20-22-19-8-6-5-7-18(19)21(26)23-20/h5-12H,3-4,13-14H2,1-2H3,(H,22,23,26). The average molecular weight is 413 g/mol. The number of aromatic amines is 1. The number of nitrogens with one attached hydrogen (secondary N) is 1. The zero-order valence-corrected chi connectivity index (χ0v) is 17.2. The fourth-order valence-corrected chi connectivity index (χ4v) is 4.45. The van der Waals surface area contributed by atoms with Gasteiger partial charge in [0, 0.05) is 12.1 Å². The normalized spacial score (nSPS) is 11.8. The van der Waals surface area contributed by atoms with E-state index in [0.29, 0.717) is 29.4 Å². The average Bonchev–Trinajstić information content (AvgIpc) is 2.71. The highest BCUT2D eigenvalue weighted by Crippen LogP contribution is 2.19. The highest BCUT2D eigenvalue weighted by molar-refractivity contribution is 7.89. The van der Waals surface area contributed by atoms with Crippen molar-refractivity contribution in [2.45, 2.75) is 38.1 Å². The predicted octanol–water partition coefficient (Wildman–Crippen LogP) is 3.12. The van der Waals surface area contributed by atoms with Crippen LogP contribution < -0.4 is 5.56 Å². The molecule has 7 nitrogen and oxygen atoms in total. The van der Waals surface area contributed by atoms with E-state index in [2.05, 4.69) is 9.97 Å². The van der Waals surface area contributed by atoms with E-state index in [1.54, 1.807) is 24.3 Å². The number of nitrogens with zero attached hydrogens (tertiary/aromatic N) is 2. The molecular weight excluding hydrogens is 390 g/mol. The number of aromatic nitrogens is 2. The molecule has 1 N–H and O–H groups in total. The van der Waals surface area contributed by atoms with Gasteiger partial charge in [0.05, 0.1) is 22.3 Å².